The molecule has 1 fully saturated rings. The fourth-order valence-electron chi connectivity index (χ4n) is 3.06. The molecule has 1 saturated heterocycles. The van der Waals surface area contributed by atoms with Gasteiger partial charge in [-0.15, -0.1) is 11.3 Å². The summed E-state index contributed by atoms with van der Waals surface area (Å²) >= 11 is 1.73. The Hall–Kier alpha value is -1.73. The molecule has 3 rings (SSSR count). The van der Waals surface area contributed by atoms with Gasteiger partial charge >= 0.3 is 0 Å². The molecule has 1 aliphatic heterocycles. The Morgan fingerprint density at radius 3 is 3.13 bits per heavy atom. The number of carbonyl (C=O) groups excluding carboxylic acids is 1. The van der Waals surface area contributed by atoms with E-state index in [-0.39, 0.29) is 5.91 Å². The molecule has 1 N–H and O–H groups in total. The van der Waals surface area contributed by atoms with Gasteiger partial charge < -0.3 is 5.32 Å². The summed E-state index contributed by atoms with van der Waals surface area (Å²) in [6, 6.07) is 4.17. The summed E-state index contributed by atoms with van der Waals surface area (Å²) in [7, 11) is 0. The van der Waals surface area contributed by atoms with E-state index in [4.69, 9.17) is 0 Å². The lowest BCUT2D eigenvalue weighted by atomic mass is 9.98. The minimum Gasteiger partial charge on any atom is -0.350 e. The van der Waals surface area contributed by atoms with Crippen LogP contribution in [0.25, 0.3) is 0 Å². The zero-order valence-corrected chi connectivity index (χ0v) is 14.3. The molecule has 0 spiro atoms. The van der Waals surface area contributed by atoms with Crippen LogP contribution in [0.3, 0.4) is 0 Å². The van der Waals surface area contributed by atoms with Gasteiger partial charge in [0.15, 0.2) is 0 Å². The maximum Gasteiger partial charge on any atom is 0.234 e. The van der Waals surface area contributed by atoms with Gasteiger partial charge in [0.1, 0.15) is 12.7 Å². The Labute approximate surface area is 140 Å². The standard InChI is InChI=1S/C16H23N5OS/c1-13-4-5-15(23-13)7-18-16(22)10-20-6-2-3-14(8-20)9-21-12-17-11-19-21/h4-5,11-12,14H,2-3,6-10H2,1H3,(H,18,22). The van der Waals surface area contributed by atoms with E-state index in [1.54, 1.807) is 24.0 Å². The largest absolute Gasteiger partial charge is 0.350 e. The van der Waals surface area contributed by atoms with E-state index in [1.165, 1.54) is 16.2 Å². The van der Waals surface area contributed by atoms with Crippen molar-refractivity contribution in [2.75, 3.05) is 19.6 Å². The summed E-state index contributed by atoms with van der Waals surface area (Å²) in [4.78, 5) is 20.9. The smallest absolute Gasteiger partial charge is 0.234 e. The Kier molecular flexibility index (Phi) is 5.40. The van der Waals surface area contributed by atoms with Crippen LogP contribution in [0, 0.1) is 12.8 Å². The second kappa shape index (κ2) is 7.70. The van der Waals surface area contributed by atoms with Crippen LogP contribution >= 0.6 is 11.3 Å². The average Bonchev–Trinajstić information content (AvgIpc) is 3.17. The van der Waals surface area contributed by atoms with E-state index >= 15 is 0 Å². The van der Waals surface area contributed by atoms with E-state index in [0.717, 1.165) is 26.1 Å². The van der Waals surface area contributed by atoms with Crippen LogP contribution in [0.5, 0.6) is 0 Å². The first kappa shape index (κ1) is 16.1. The van der Waals surface area contributed by atoms with Gasteiger partial charge in [0, 0.05) is 22.8 Å². The molecule has 2 aromatic heterocycles. The lowest BCUT2D eigenvalue weighted by Gasteiger charge is -2.32. The summed E-state index contributed by atoms with van der Waals surface area (Å²) in [6.45, 7) is 6.03. The fraction of sp³-hybridized carbons (Fsp3) is 0.562. The van der Waals surface area contributed by atoms with Crippen LogP contribution in [0.4, 0.5) is 0 Å². The lowest BCUT2D eigenvalue weighted by molar-refractivity contribution is -0.122. The minimum atomic E-state index is 0.109. The number of carbonyl (C=O) groups is 1. The molecular formula is C16H23N5OS. The molecule has 124 valence electrons. The molecule has 0 aromatic carbocycles. The van der Waals surface area contributed by atoms with Gasteiger partial charge in [-0.2, -0.15) is 5.10 Å². The number of likely N-dealkylation sites (tertiary alicyclic amines) is 1. The molecule has 0 aliphatic carbocycles. The van der Waals surface area contributed by atoms with Gasteiger partial charge in [0.2, 0.25) is 5.91 Å². The number of piperidine rings is 1. The second-order valence-electron chi connectivity index (χ2n) is 6.15. The van der Waals surface area contributed by atoms with Gasteiger partial charge in [-0.05, 0) is 44.4 Å². The van der Waals surface area contributed by atoms with Gasteiger partial charge in [-0.1, -0.05) is 0 Å². The molecule has 7 heteroatoms. The van der Waals surface area contributed by atoms with Crippen LogP contribution in [-0.4, -0.2) is 45.2 Å². The van der Waals surface area contributed by atoms with Crippen molar-refractivity contribution >= 4 is 17.2 Å². The highest BCUT2D eigenvalue weighted by Gasteiger charge is 2.22. The number of amides is 1. The maximum absolute atomic E-state index is 12.1. The first-order valence-corrected chi connectivity index (χ1v) is 8.87. The SMILES string of the molecule is Cc1ccc(CNC(=O)CN2CCCC(Cn3cncn3)C2)s1. The maximum atomic E-state index is 12.1. The fourth-order valence-corrected chi connectivity index (χ4v) is 3.89. The highest BCUT2D eigenvalue weighted by molar-refractivity contribution is 7.11. The number of hydrogen-bond donors (Lipinski definition) is 1. The Bertz CT molecular complexity index is 624. The highest BCUT2D eigenvalue weighted by Crippen LogP contribution is 2.18. The second-order valence-corrected chi connectivity index (χ2v) is 7.52. The number of aromatic nitrogens is 3. The average molecular weight is 333 g/mol. The molecule has 23 heavy (non-hydrogen) atoms. The van der Waals surface area contributed by atoms with Gasteiger partial charge in [-0.3, -0.25) is 14.4 Å². The van der Waals surface area contributed by atoms with E-state index in [1.807, 2.05) is 4.68 Å². The number of nitrogens with one attached hydrogen (secondary N) is 1. The monoisotopic (exact) mass is 333 g/mol. The lowest BCUT2D eigenvalue weighted by Crippen LogP contribution is -2.43. The van der Waals surface area contributed by atoms with E-state index < -0.39 is 0 Å². The molecule has 3 heterocycles. The molecule has 1 aliphatic rings. The molecule has 6 nitrogen and oxygen atoms in total. The van der Waals surface area contributed by atoms with Gasteiger partial charge in [0.25, 0.3) is 0 Å². The van der Waals surface area contributed by atoms with Crippen LogP contribution < -0.4 is 5.32 Å². The third-order valence-corrected chi connectivity index (χ3v) is 5.14. The van der Waals surface area contributed by atoms with Crippen molar-refractivity contribution in [1.82, 2.24) is 25.0 Å². The zero-order valence-electron chi connectivity index (χ0n) is 13.4. The summed E-state index contributed by atoms with van der Waals surface area (Å²) in [6.07, 6.45) is 5.65. The van der Waals surface area contributed by atoms with Gasteiger partial charge in [0.05, 0.1) is 13.1 Å². The van der Waals surface area contributed by atoms with Crippen molar-refractivity contribution in [1.29, 1.82) is 0 Å². The minimum absolute atomic E-state index is 0.109. The van der Waals surface area contributed by atoms with Crippen molar-refractivity contribution in [2.45, 2.75) is 32.9 Å². The van der Waals surface area contributed by atoms with Crippen molar-refractivity contribution in [3.63, 3.8) is 0 Å². The van der Waals surface area contributed by atoms with Crippen LogP contribution in [0.15, 0.2) is 24.8 Å². The first-order valence-electron chi connectivity index (χ1n) is 8.06. The number of rotatable bonds is 6. The van der Waals surface area contributed by atoms with Gasteiger partial charge in [-0.25, -0.2) is 4.98 Å². The summed E-state index contributed by atoms with van der Waals surface area (Å²) in [5, 5.41) is 7.19. The first-order chi connectivity index (χ1) is 11.2. The molecule has 0 bridgehead atoms. The molecule has 1 unspecified atom stereocenters. The summed E-state index contributed by atoms with van der Waals surface area (Å²) in [5.41, 5.74) is 0. The molecule has 1 amide bonds. The van der Waals surface area contributed by atoms with Crippen molar-refractivity contribution in [3.8, 4) is 0 Å². The summed E-state index contributed by atoms with van der Waals surface area (Å²) < 4.78 is 1.88. The van der Waals surface area contributed by atoms with Crippen molar-refractivity contribution in [3.05, 3.63) is 34.5 Å². The Morgan fingerprint density at radius 1 is 1.48 bits per heavy atom. The van der Waals surface area contributed by atoms with Crippen molar-refractivity contribution < 1.29 is 4.79 Å². The number of thiophene rings is 1. The van der Waals surface area contributed by atoms with E-state index in [9.17, 15) is 4.79 Å². The molecule has 0 saturated carbocycles. The molecule has 2 aromatic rings. The third kappa shape index (κ3) is 4.87. The zero-order chi connectivity index (χ0) is 16.1. The predicted molar refractivity (Wildman–Crippen MR) is 90.1 cm³/mol. The normalized spacial score (nSPS) is 18.9. The predicted octanol–water partition coefficient (Wildman–Crippen LogP) is 1.68. The summed E-state index contributed by atoms with van der Waals surface area (Å²) in [5.74, 6) is 0.649. The molecular weight excluding hydrogens is 310 g/mol. The van der Waals surface area contributed by atoms with E-state index in [0.29, 0.717) is 19.0 Å². The molecule has 0 radical (unpaired) electrons. The topological polar surface area (TPSA) is 63.1 Å². The number of nitrogens with zero attached hydrogens (tertiary/aromatic N) is 4. The number of aryl methyl sites for hydroxylation is 1. The highest BCUT2D eigenvalue weighted by atomic mass is 32.1. The van der Waals surface area contributed by atoms with Crippen LogP contribution in [0.1, 0.15) is 22.6 Å². The van der Waals surface area contributed by atoms with Crippen LogP contribution in [0.2, 0.25) is 0 Å². The Balaban J connectivity index is 1.42. The van der Waals surface area contributed by atoms with Crippen LogP contribution in [-0.2, 0) is 17.9 Å². The van der Waals surface area contributed by atoms with E-state index in [2.05, 4.69) is 39.4 Å². The third-order valence-electron chi connectivity index (χ3n) is 4.14. The van der Waals surface area contributed by atoms with Crippen molar-refractivity contribution in [2.24, 2.45) is 5.92 Å². The Morgan fingerprint density at radius 2 is 2.39 bits per heavy atom. The number of hydrogen-bond acceptors (Lipinski definition) is 5. The molecule has 1 atom stereocenters. The quantitative estimate of drug-likeness (QED) is 0.873.